The van der Waals surface area contributed by atoms with Gasteiger partial charge >= 0.3 is 0 Å². The monoisotopic (exact) mass is 260 g/mol. The molecule has 0 aromatic heterocycles. The second-order valence-electron chi connectivity index (χ2n) is 5.15. The molecule has 0 aromatic carbocycles. The quantitative estimate of drug-likeness (QED) is 0.708. The summed E-state index contributed by atoms with van der Waals surface area (Å²) in [4.78, 5) is 2.40. The topological polar surface area (TPSA) is 23.5 Å². The minimum absolute atomic E-state index is 0.0865. The maximum Gasteiger partial charge on any atom is 0.153 e. The van der Waals surface area contributed by atoms with Crippen LogP contribution in [0.15, 0.2) is 0 Å². The molecular formula is C14H27ClNO. The Morgan fingerprint density at radius 1 is 1.53 bits per heavy atom. The van der Waals surface area contributed by atoms with Crippen LogP contribution in [0.3, 0.4) is 0 Å². The van der Waals surface area contributed by atoms with Gasteiger partial charge in [-0.2, -0.15) is 0 Å². The molecule has 1 radical (unpaired) electrons. The zero-order chi connectivity index (χ0) is 12.9. The highest BCUT2D eigenvalue weighted by Crippen LogP contribution is 2.34. The third kappa shape index (κ3) is 3.84. The van der Waals surface area contributed by atoms with E-state index in [2.05, 4.69) is 18.7 Å². The Hall–Kier alpha value is 0.210. The van der Waals surface area contributed by atoms with E-state index in [9.17, 15) is 5.11 Å². The van der Waals surface area contributed by atoms with E-state index in [0.29, 0.717) is 12.5 Å². The summed E-state index contributed by atoms with van der Waals surface area (Å²) in [5.74, 6) is 0. The maximum atomic E-state index is 10.4. The van der Waals surface area contributed by atoms with Crippen LogP contribution in [0.2, 0.25) is 0 Å². The van der Waals surface area contributed by atoms with Crippen molar-refractivity contribution >= 4 is 11.6 Å². The van der Waals surface area contributed by atoms with Crippen molar-refractivity contribution in [2.45, 2.75) is 75.9 Å². The lowest BCUT2D eigenvalue weighted by Crippen LogP contribution is -2.51. The van der Waals surface area contributed by atoms with Crippen molar-refractivity contribution in [1.82, 2.24) is 4.90 Å². The van der Waals surface area contributed by atoms with E-state index in [1.165, 1.54) is 12.8 Å². The molecule has 0 bridgehead atoms. The third-order valence-corrected chi connectivity index (χ3v) is 4.51. The molecule has 1 aliphatic heterocycles. The van der Waals surface area contributed by atoms with Gasteiger partial charge in [0.25, 0.3) is 0 Å². The van der Waals surface area contributed by atoms with Gasteiger partial charge in [0.15, 0.2) is 5.06 Å². The number of likely N-dealkylation sites (tertiary alicyclic amines) is 1. The van der Waals surface area contributed by atoms with Crippen LogP contribution >= 0.6 is 11.6 Å². The zero-order valence-corrected chi connectivity index (χ0v) is 12.0. The van der Waals surface area contributed by atoms with Crippen molar-refractivity contribution in [3.8, 4) is 0 Å². The van der Waals surface area contributed by atoms with Crippen LogP contribution in [-0.4, -0.2) is 33.7 Å². The van der Waals surface area contributed by atoms with Gasteiger partial charge in [-0.15, -0.1) is 0 Å². The van der Waals surface area contributed by atoms with Gasteiger partial charge in [0.05, 0.1) is 6.04 Å². The summed E-state index contributed by atoms with van der Waals surface area (Å²) in [6.07, 6.45) is 7.18. The molecule has 1 heterocycles. The van der Waals surface area contributed by atoms with E-state index in [1.54, 1.807) is 0 Å². The Morgan fingerprint density at radius 2 is 2.24 bits per heavy atom. The summed E-state index contributed by atoms with van der Waals surface area (Å²) < 4.78 is 0. The van der Waals surface area contributed by atoms with Crippen LogP contribution in [0.25, 0.3) is 0 Å². The molecule has 1 fully saturated rings. The van der Waals surface area contributed by atoms with Crippen molar-refractivity contribution in [2.24, 2.45) is 0 Å². The number of rotatable bonds is 7. The van der Waals surface area contributed by atoms with Crippen molar-refractivity contribution in [1.29, 1.82) is 0 Å². The molecule has 0 aromatic rings. The number of hydrogen-bond acceptors (Lipinski definition) is 2. The highest BCUT2D eigenvalue weighted by molar-refractivity contribution is 6.23. The standard InChI is InChI=1S/C14H27ClNO/c1-4-7-10-13(14(15,17)6-3)16-11-8-9-12(16)5-2/h12-13,17H,2,4-11H2,1,3H3. The summed E-state index contributed by atoms with van der Waals surface area (Å²) in [7, 11) is 0. The minimum atomic E-state index is -1.08. The summed E-state index contributed by atoms with van der Waals surface area (Å²) in [6.45, 7) is 9.22. The van der Waals surface area contributed by atoms with E-state index in [1.807, 2.05) is 6.92 Å². The molecule has 1 aliphatic rings. The molecule has 0 aliphatic carbocycles. The van der Waals surface area contributed by atoms with Crippen molar-refractivity contribution in [3.63, 3.8) is 0 Å². The van der Waals surface area contributed by atoms with Crippen molar-refractivity contribution in [3.05, 3.63) is 6.92 Å². The molecule has 3 unspecified atom stereocenters. The van der Waals surface area contributed by atoms with Crippen LogP contribution in [0.5, 0.6) is 0 Å². The number of unbranched alkanes of at least 4 members (excludes halogenated alkanes) is 1. The number of nitrogens with zero attached hydrogens (tertiary/aromatic N) is 1. The molecule has 2 nitrogen and oxygen atoms in total. The molecule has 101 valence electrons. The number of hydrogen-bond donors (Lipinski definition) is 1. The van der Waals surface area contributed by atoms with Crippen LogP contribution in [0, 0.1) is 6.92 Å². The average molecular weight is 261 g/mol. The largest absolute Gasteiger partial charge is 0.373 e. The van der Waals surface area contributed by atoms with Gasteiger partial charge in [-0.1, -0.05) is 45.2 Å². The van der Waals surface area contributed by atoms with Crippen LogP contribution < -0.4 is 0 Å². The fourth-order valence-electron chi connectivity index (χ4n) is 2.85. The lowest BCUT2D eigenvalue weighted by Gasteiger charge is -2.40. The first kappa shape index (κ1) is 15.3. The van der Waals surface area contributed by atoms with Gasteiger partial charge in [-0.3, -0.25) is 4.90 Å². The van der Waals surface area contributed by atoms with E-state index in [0.717, 1.165) is 32.2 Å². The van der Waals surface area contributed by atoms with Crippen LogP contribution in [-0.2, 0) is 0 Å². The molecule has 1 N–H and O–H groups in total. The highest BCUT2D eigenvalue weighted by atomic mass is 35.5. The predicted octanol–water partition coefficient (Wildman–Crippen LogP) is 3.57. The highest BCUT2D eigenvalue weighted by Gasteiger charge is 2.40. The second-order valence-corrected chi connectivity index (χ2v) is 5.81. The minimum Gasteiger partial charge on any atom is -0.373 e. The Bertz CT molecular complexity index is 220. The summed E-state index contributed by atoms with van der Waals surface area (Å²) in [5.41, 5.74) is 0. The molecule has 0 saturated carbocycles. The van der Waals surface area contributed by atoms with Gasteiger partial charge in [0.2, 0.25) is 0 Å². The van der Waals surface area contributed by atoms with Gasteiger partial charge in [-0.05, 0) is 38.6 Å². The third-order valence-electron chi connectivity index (χ3n) is 3.99. The Kier molecular flexibility index (Phi) is 6.25. The summed E-state index contributed by atoms with van der Waals surface area (Å²) in [5, 5.41) is 9.31. The average Bonchev–Trinajstić information content (AvgIpc) is 2.77. The number of alkyl halides is 1. The van der Waals surface area contributed by atoms with Gasteiger partial charge < -0.3 is 5.11 Å². The maximum absolute atomic E-state index is 10.4. The fourth-order valence-corrected chi connectivity index (χ4v) is 3.09. The molecule has 3 atom stereocenters. The molecule has 1 rings (SSSR count). The van der Waals surface area contributed by atoms with Crippen LogP contribution in [0.4, 0.5) is 0 Å². The molecular weight excluding hydrogens is 234 g/mol. The van der Waals surface area contributed by atoms with E-state index < -0.39 is 5.06 Å². The Balaban J connectivity index is 2.74. The van der Waals surface area contributed by atoms with Crippen molar-refractivity contribution in [2.75, 3.05) is 6.54 Å². The number of halogens is 1. The van der Waals surface area contributed by atoms with E-state index in [4.69, 9.17) is 11.6 Å². The van der Waals surface area contributed by atoms with Gasteiger partial charge in [-0.25, -0.2) is 0 Å². The zero-order valence-electron chi connectivity index (χ0n) is 11.3. The summed E-state index contributed by atoms with van der Waals surface area (Å²) >= 11 is 6.32. The SMILES string of the molecule is [CH2]CC1CCCN1C(CCCC)C(O)(Cl)CC. The molecule has 17 heavy (non-hydrogen) atoms. The molecule has 0 spiro atoms. The first-order chi connectivity index (χ1) is 8.06. The Morgan fingerprint density at radius 3 is 2.76 bits per heavy atom. The van der Waals surface area contributed by atoms with Crippen molar-refractivity contribution < 1.29 is 5.11 Å². The molecule has 0 amide bonds. The first-order valence-corrected chi connectivity index (χ1v) is 7.40. The normalized spacial score (nSPS) is 27.0. The smallest absolute Gasteiger partial charge is 0.153 e. The van der Waals surface area contributed by atoms with E-state index in [-0.39, 0.29) is 6.04 Å². The lowest BCUT2D eigenvalue weighted by atomic mass is 9.98. The van der Waals surface area contributed by atoms with Gasteiger partial charge in [0.1, 0.15) is 0 Å². The number of aliphatic hydroxyl groups is 1. The first-order valence-electron chi connectivity index (χ1n) is 7.03. The fraction of sp³-hybridized carbons (Fsp3) is 0.929. The second kappa shape index (κ2) is 6.96. The molecule has 3 heteroatoms. The predicted molar refractivity (Wildman–Crippen MR) is 74.1 cm³/mol. The van der Waals surface area contributed by atoms with Crippen LogP contribution in [0.1, 0.15) is 58.8 Å². The lowest BCUT2D eigenvalue weighted by molar-refractivity contribution is 0.00243. The molecule has 1 saturated heterocycles. The Labute approximate surface area is 111 Å². The summed E-state index contributed by atoms with van der Waals surface area (Å²) in [6, 6.07) is 0.594. The van der Waals surface area contributed by atoms with Gasteiger partial charge in [0, 0.05) is 6.04 Å². The van der Waals surface area contributed by atoms with E-state index >= 15 is 0 Å².